The number of aromatic nitrogens is 1. The molecule has 0 bridgehead atoms. The maximum absolute atomic E-state index is 12.6. The van der Waals surface area contributed by atoms with E-state index in [-0.39, 0.29) is 23.6 Å². The molecule has 6 heteroatoms. The van der Waals surface area contributed by atoms with Gasteiger partial charge in [-0.05, 0) is 44.5 Å². The number of unbranched alkanes of at least 4 members (excludes halogenated alkanes) is 1. The van der Waals surface area contributed by atoms with Crippen LogP contribution in [0.4, 0.5) is 5.69 Å². The van der Waals surface area contributed by atoms with Gasteiger partial charge in [-0.3, -0.25) is 14.6 Å². The number of carbonyl (C=O) groups excluding carboxylic acids is 2. The molecule has 144 valence electrons. The van der Waals surface area contributed by atoms with Gasteiger partial charge >= 0.3 is 0 Å². The van der Waals surface area contributed by atoms with Crippen LogP contribution >= 0.6 is 0 Å². The minimum Gasteiger partial charge on any atom is -0.489 e. The van der Waals surface area contributed by atoms with Crippen molar-refractivity contribution < 1.29 is 14.3 Å². The fourth-order valence-corrected chi connectivity index (χ4v) is 2.50. The molecule has 2 aromatic rings. The minimum absolute atomic E-state index is 0.00754. The Morgan fingerprint density at radius 1 is 1.22 bits per heavy atom. The van der Waals surface area contributed by atoms with Crippen LogP contribution in [0.5, 0.6) is 5.75 Å². The molecule has 1 aromatic heterocycles. The van der Waals surface area contributed by atoms with E-state index in [9.17, 15) is 9.59 Å². The van der Waals surface area contributed by atoms with Gasteiger partial charge in [0.05, 0.1) is 11.8 Å². The number of amides is 2. The van der Waals surface area contributed by atoms with Gasteiger partial charge < -0.3 is 15.0 Å². The van der Waals surface area contributed by atoms with E-state index >= 15 is 0 Å². The third kappa shape index (κ3) is 5.81. The first kappa shape index (κ1) is 20.4. The molecule has 0 saturated heterocycles. The number of ether oxygens (including phenoxy) is 1. The van der Waals surface area contributed by atoms with Crippen LogP contribution in [0, 0.1) is 0 Å². The summed E-state index contributed by atoms with van der Waals surface area (Å²) in [6.45, 7) is 6.58. The molecule has 0 radical (unpaired) electrons. The van der Waals surface area contributed by atoms with Crippen LogP contribution in [-0.2, 0) is 0 Å². The summed E-state index contributed by atoms with van der Waals surface area (Å²) in [6, 6.07) is 10.4. The van der Waals surface area contributed by atoms with Crippen molar-refractivity contribution in [1.82, 2.24) is 9.88 Å². The van der Waals surface area contributed by atoms with Crippen LogP contribution in [0.2, 0.25) is 0 Å². The van der Waals surface area contributed by atoms with Gasteiger partial charge in [0.2, 0.25) is 0 Å². The molecule has 27 heavy (non-hydrogen) atoms. The maximum atomic E-state index is 12.6. The van der Waals surface area contributed by atoms with E-state index in [1.807, 2.05) is 26.0 Å². The molecule has 0 atom stereocenters. The Balaban J connectivity index is 2.15. The molecule has 0 aliphatic rings. The number of hydrogen-bond donors (Lipinski definition) is 1. The van der Waals surface area contributed by atoms with E-state index in [0.29, 0.717) is 23.5 Å². The zero-order valence-corrected chi connectivity index (χ0v) is 16.4. The first-order valence-corrected chi connectivity index (χ1v) is 9.21. The lowest BCUT2D eigenvalue weighted by Gasteiger charge is -2.17. The number of anilines is 1. The third-order valence-electron chi connectivity index (χ3n) is 3.93. The number of nitrogens with one attached hydrogen (secondary N) is 1. The average Bonchev–Trinajstić information content (AvgIpc) is 2.66. The normalized spacial score (nSPS) is 10.6. The SMILES string of the molecule is CCCCN(C)C(=O)c1cc(C(=O)Nc2ccccc2OC(C)C)ccn1. The number of para-hydroxylation sites is 2. The zero-order chi connectivity index (χ0) is 19.8. The molecule has 0 fully saturated rings. The van der Waals surface area contributed by atoms with Gasteiger partial charge in [0, 0.05) is 25.4 Å². The van der Waals surface area contributed by atoms with Crippen LogP contribution in [0.1, 0.15) is 54.5 Å². The van der Waals surface area contributed by atoms with Gasteiger partial charge in [-0.1, -0.05) is 25.5 Å². The van der Waals surface area contributed by atoms with Crippen molar-refractivity contribution >= 4 is 17.5 Å². The van der Waals surface area contributed by atoms with Gasteiger partial charge in [0.1, 0.15) is 11.4 Å². The van der Waals surface area contributed by atoms with Gasteiger partial charge in [0.15, 0.2) is 0 Å². The zero-order valence-electron chi connectivity index (χ0n) is 16.4. The topological polar surface area (TPSA) is 71.5 Å². The Labute approximate surface area is 160 Å². The Bertz CT molecular complexity index is 790. The summed E-state index contributed by atoms with van der Waals surface area (Å²) < 4.78 is 5.73. The Kier molecular flexibility index (Phi) is 7.34. The second-order valence-electron chi connectivity index (χ2n) is 6.63. The summed E-state index contributed by atoms with van der Waals surface area (Å²) in [4.78, 5) is 30.9. The molecule has 1 heterocycles. The molecule has 0 saturated carbocycles. The third-order valence-corrected chi connectivity index (χ3v) is 3.93. The second-order valence-corrected chi connectivity index (χ2v) is 6.63. The highest BCUT2D eigenvalue weighted by molar-refractivity contribution is 6.06. The van der Waals surface area contributed by atoms with Gasteiger partial charge in [-0.25, -0.2) is 0 Å². The van der Waals surface area contributed by atoms with Crippen LogP contribution in [-0.4, -0.2) is 41.4 Å². The molecule has 6 nitrogen and oxygen atoms in total. The van der Waals surface area contributed by atoms with E-state index in [4.69, 9.17) is 4.74 Å². The Morgan fingerprint density at radius 2 is 1.96 bits per heavy atom. The number of pyridine rings is 1. The molecule has 0 spiro atoms. The highest BCUT2D eigenvalue weighted by Crippen LogP contribution is 2.25. The van der Waals surface area contributed by atoms with E-state index in [1.165, 1.54) is 12.3 Å². The largest absolute Gasteiger partial charge is 0.489 e. The van der Waals surface area contributed by atoms with Gasteiger partial charge in [0.25, 0.3) is 11.8 Å². The van der Waals surface area contributed by atoms with Crippen LogP contribution < -0.4 is 10.1 Å². The van der Waals surface area contributed by atoms with Crippen LogP contribution in [0.15, 0.2) is 42.6 Å². The molecular formula is C21H27N3O3. The van der Waals surface area contributed by atoms with Crippen molar-refractivity contribution in [1.29, 1.82) is 0 Å². The van der Waals surface area contributed by atoms with Crippen molar-refractivity contribution in [3.8, 4) is 5.75 Å². The second kappa shape index (κ2) is 9.71. The fraction of sp³-hybridized carbons (Fsp3) is 0.381. The summed E-state index contributed by atoms with van der Waals surface area (Å²) in [5, 5.41) is 2.85. The quantitative estimate of drug-likeness (QED) is 0.764. The molecule has 0 aliphatic heterocycles. The van der Waals surface area contributed by atoms with Crippen LogP contribution in [0.25, 0.3) is 0 Å². The van der Waals surface area contributed by atoms with E-state index in [2.05, 4.69) is 17.2 Å². The number of benzene rings is 1. The van der Waals surface area contributed by atoms with Gasteiger partial charge in [-0.15, -0.1) is 0 Å². The lowest BCUT2D eigenvalue weighted by Crippen LogP contribution is -2.28. The predicted molar refractivity (Wildman–Crippen MR) is 106 cm³/mol. The van der Waals surface area contributed by atoms with Crippen molar-refractivity contribution in [2.45, 2.75) is 39.7 Å². The minimum atomic E-state index is -0.317. The highest BCUT2D eigenvalue weighted by Gasteiger charge is 2.16. The predicted octanol–water partition coefficient (Wildman–Crippen LogP) is 3.99. The summed E-state index contributed by atoms with van der Waals surface area (Å²) >= 11 is 0. The highest BCUT2D eigenvalue weighted by atomic mass is 16.5. The van der Waals surface area contributed by atoms with Gasteiger partial charge in [-0.2, -0.15) is 0 Å². The van der Waals surface area contributed by atoms with Crippen molar-refractivity contribution in [2.75, 3.05) is 18.9 Å². The molecule has 0 aliphatic carbocycles. The average molecular weight is 369 g/mol. The lowest BCUT2D eigenvalue weighted by molar-refractivity contribution is 0.0787. The number of nitrogens with zero attached hydrogens (tertiary/aromatic N) is 2. The van der Waals surface area contributed by atoms with E-state index in [1.54, 1.807) is 30.1 Å². The van der Waals surface area contributed by atoms with E-state index < -0.39 is 0 Å². The Morgan fingerprint density at radius 3 is 2.67 bits per heavy atom. The molecule has 2 rings (SSSR count). The van der Waals surface area contributed by atoms with Crippen molar-refractivity contribution in [2.24, 2.45) is 0 Å². The first-order chi connectivity index (χ1) is 12.9. The van der Waals surface area contributed by atoms with Crippen molar-refractivity contribution in [3.63, 3.8) is 0 Å². The summed E-state index contributed by atoms with van der Waals surface area (Å²) in [7, 11) is 1.74. The number of carbonyl (C=O) groups is 2. The number of hydrogen-bond acceptors (Lipinski definition) is 4. The van der Waals surface area contributed by atoms with E-state index in [0.717, 1.165) is 12.8 Å². The standard InChI is InChI=1S/C21H27N3O3/c1-5-6-13-24(4)21(26)18-14-16(11-12-22-18)20(25)23-17-9-7-8-10-19(17)27-15(2)3/h7-12,14-15H,5-6,13H2,1-4H3,(H,23,25). The molecular weight excluding hydrogens is 342 g/mol. The molecule has 2 amide bonds. The smallest absolute Gasteiger partial charge is 0.272 e. The molecule has 1 N–H and O–H groups in total. The van der Waals surface area contributed by atoms with Crippen LogP contribution in [0.3, 0.4) is 0 Å². The lowest BCUT2D eigenvalue weighted by atomic mass is 10.2. The first-order valence-electron chi connectivity index (χ1n) is 9.21. The summed E-state index contributed by atoms with van der Waals surface area (Å²) in [6.07, 6.45) is 3.40. The Hall–Kier alpha value is -2.89. The van der Waals surface area contributed by atoms with Crippen molar-refractivity contribution in [3.05, 3.63) is 53.9 Å². The molecule has 0 unspecified atom stereocenters. The summed E-state index contributed by atoms with van der Waals surface area (Å²) in [5.41, 5.74) is 1.21. The fourth-order valence-electron chi connectivity index (χ4n) is 2.50. The maximum Gasteiger partial charge on any atom is 0.272 e. The monoisotopic (exact) mass is 369 g/mol. The summed E-state index contributed by atoms with van der Waals surface area (Å²) in [5.74, 6) is 0.0922. The number of rotatable bonds is 8. The molecule has 1 aromatic carbocycles.